The topological polar surface area (TPSA) is 45.2 Å². The first kappa shape index (κ1) is 14.9. The molecule has 0 spiro atoms. The first-order valence-electron chi connectivity index (χ1n) is 7.51. The van der Waals surface area contributed by atoms with E-state index in [4.69, 9.17) is 11.6 Å². The van der Waals surface area contributed by atoms with Crippen LogP contribution in [0.3, 0.4) is 0 Å². The van der Waals surface area contributed by atoms with Gasteiger partial charge in [-0.25, -0.2) is 4.98 Å². The molecule has 5 heteroatoms. The summed E-state index contributed by atoms with van der Waals surface area (Å²) in [6.45, 7) is 2.02. The monoisotopic (exact) mass is 315 g/mol. The third kappa shape index (κ3) is 3.57. The van der Waals surface area contributed by atoms with Crippen LogP contribution in [0.1, 0.15) is 29.8 Å². The van der Waals surface area contributed by atoms with Gasteiger partial charge in [0.15, 0.2) is 0 Å². The standard InChI is InChI=1S/C17H18ClN3O/c18-13-7-9-14(10-8-13)19-17(22)15-5-4-6-16(20-15)21-11-2-1-3-12-21/h4-10H,1-3,11-12H2,(H,19,22). The molecule has 4 nitrogen and oxygen atoms in total. The highest BCUT2D eigenvalue weighted by Gasteiger charge is 2.14. The minimum absolute atomic E-state index is 0.207. The lowest BCUT2D eigenvalue weighted by atomic mass is 10.1. The predicted octanol–water partition coefficient (Wildman–Crippen LogP) is 3.98. The van der Waals surface area contributed by atoms with Gasteiger partial charge in [0.25, 0.3) is 5.91 Å². The summed E-state index contributed by atoms with van der Waals surface area (Å²) in [5.74, 6) is 0.671. The number of amides is 1. The van der Waals surface area contributed by atoms with E-state index >= 15 is 0 Å². The Bertz CT molecular complexity index is 651. The summed E-state index contributed by atoms with van der Waals surface area (Å²) in [6, 6.07) is 12.6. The molecule has 2 heterocycles. The summed E-state index contributed by atoms with van der Waals surface area (Å²) < 4.78 is 0. The molecule has 0 radical (unpaired) electrons. The maximum Gasteiger partial charge on any atom is 0.274 e. The molecule has 1 aliphatic rings. The maximum atomic E-state index is 12.3. The van der Waals surface area contributed by atoms with Gasteiger partial charge >= 0.3 is 0 Å². The second-order valence-corrected chi connectivity index (χ2v) is 5.83. The zero-order valence-electron chi connectivity index (χ0n) is 12.3. The number of rotatable bonds is 3. The highest BCUT2D eigenvalue weighted by atomic mass is 35.5. The van der Waals surface area contributed by atoms with E-state index in [-0.39, 0.29) is 5.91 Å². The molecular formula is C17H18ClN3O. The van der Waals surface area contributed by atoms with E-state index in [1.54, 1.807) is 30.3 Å². The van der Waals surface area contributed by atoms with Crippen LogP contribution in [0.4, 0.5) is 11.5 Å². The SMILES string of the molecule is O=C(Nc1ccc(Cl)cc1)c1cccc(N2CCCCC2)n1. The van der Waals surface area contributed by atoms with Crippen LogP contribution in [0.25, 0.3) is 0 Å². The van der Waals surface area contributed by atoms with Crippen molar-refractivity contribution in [3.8, 4) is 0 Å². The molecule has 0 atom stereocenters. The zero-order valence-corrected chi connectivity index (χ0v) is 13.0. The number of anilines is 2. The van der Waals surface area contributed by atoms with Crippen LogP contribution in [-0.2, 0) is 0 Å². The van der Waals surface area contributed by atoms with E-state index in [0.717, 1.165) is 18.9 Å². The number of nitrogens with zero attached hydrogens (tertiary/aromatic N) is 2. The van der Waals surface area contributed by atoms with Gasteiger partial charge in [-0.05, 0) is 55.7 Å². The molecule has 22 heavy (non-hydrogen) atoms. The van der Waals surface area contributed by atoms with E-state index in [9.17, 15) is 4.79 Å². The molecule has 0 bridgehead atoms. The lowest BCUT2D eigenvalue weighted by Gasteiger charge is -2.27. The molecule has 1 amide bonds. The van der Waals surface area contributed by atoms with Gasteiger partial charge in [0, 0.05) is 23.8 Å². The lowest BCUT2D eigenvalue weighted by Crippen LogP contribution is -2.30. The van der Waals surface area contributed by atoms with Crippen molar-refractivity contribution in [1.29, 1.82) is 0 Å². The molecule has 3 rings (SSSR count). The van der Waals surface area contributed by atoms with Crippen LogP contribution in [-0.4, -0.2) is 24.0 Å². The molecule has 1 fully saturated rings. The van der Waals surface area contributed by atoms with Gasteiger partial charge in [-0.3, -0.25) is 4.79 Å². The number of hydrogen-bond donors (Lipinski definition) is 1. The zero-order chi connectivity index (χ0) is 15.4. The molecule has 1 aliphatic heterocycles. The van der Waals surface area contributed by atoms with Crippen molar-refractivity contribution in [2.75, 3.05) is 23.3 Å². The number of halogens is 1. The Kier molecular flexibility index (Phi) is 4.59. The van der Waals surface area contributed by atoms with Crippen LogP contribution in [0.15, 0.2) is 42.5 Å². The lowest BCUT2D eigenvalue weighted by molar-refractivity contribution is 0.102. The largest absolute Gasteiger partial charge is 0.357 e. The summed E-state index contributed by atoms with van der Waals surface area (Å²) in [4.78, 5) is 19.0. The number of benzene rings is 1. The smallest absolute Gasteiger partial charge is 0.274 e. The molecule has 0 unspecified atom stereocenters. The Morgan fingerprint density at radius 2 is 1.77 bits per heavy atom. The van der Waals surface area contributed by atoms with Crippen molar-refractivity contribution < 1.29 is 4.79 Å². The second kappa shape index (κ2) is 6.79. The number of piperidine rings is 1. The van der Waals surface area contributed by atoms with Crippen molar-refractivity contribution in [2.45, 2.75) is 19.3 Å². The average Bonchev–Trinajstić information content (AvgIpc) is 2.58. The Morgan fingerprint density at radius 3 is 2.50 bits per heavy atom. The van der Waals surface area contributed by atoms with E-state index < -0.39 is 0 Å². The summed E-state index contributed by atoms with van der Waals surface area (Å²) in [5.41, 5.74) is 1.14. The number of aromatic nitrogens is 1. The van der Waals surface area contributed by atoms with Crippen molar-refractivity contribution in [3.63, 3.8) is 0 Å². The van der Waals surface area contributed by atoms with E-state index in [0.29, 0.717) is 16.4 Å². The van der Waals surface area contributed by atoms with Crippen molar-refractivity contribution in [1.82, 2.24) is 4.98 Å². The van der Waals surface area contributed by atoms with Gasteiger partial charge < -0.3 is 10.2 Å². The highest BCUT2D eigenvalue weighted by Crippen LogP contribution is 2.19. The normalized spacial score (nSPS) is 14.7. The molecule has 114 valence electrons. The number of pyridine rings is 1. The fourth-order valence-corrected chi connectivity index (χ4v) is 2.70. The summed E-state index contributed by atoms with van der Waals surface area (Å²) >= 11 is 5.84. The molecule has 1 N–H and O–H groups in total. The summed E-state index contributed by atoms with van der Waals surface area (Å²) in [5, 5.41) is 3.48. The van der Waals surface area contributed by atoms with Crippen molar-refractivity contribution >= 4 is 29.0 Å². The van der Waals surface area contributed by atoms with Crippen LogP contribution in [0.5, 0.6) is 0 Å². The van der Waals surface area contributed by atoms with Crippen LogP contribution in [0.2, 0.25) is 5.02 Å². The molecule has 0 saturated carbocycles. The Hall–Kier alpha value is -2.07. The minimum Gasteiger partial charge on any atom is -0.357 e. The second-order valence-electron chi connectivity index (χ2n) is 5.39. The molecule has 0 aliphatic carbocycles. The van der Waals surface area contributed by atoms with Crippen LogP contribution < -0.4 is 10.2 Å². The number of carbonyl (C=O) groups excluding carboxylic acids is 1. The van der Waals surface area contributed by atoms with E-state index in [1.807, 2.05) is 12.1 Å². The van der Waals surface area contributed by atoms with E-state index in [1.165, 1.54) is 19.3 Å². The highest BCUT2D eigenvalue weighted by molar-refractivity contribution is 6.30. The number of nitrogens with one attached hydrogen (secondary N) is 1. The first-order valence-corrected chi connectivity index (χ1v) is 7.89. The third-order valence-electron chi connectivity index (χ3n) is 3.75. The quantitative estimate of drug-likeness (QED) is 0.932. The average molecular weight is 316 g/mol. The van der Waals surface area contributed by atoms with Gasteiger partial charge in [0.2, 0.25) is 0 Å². The molecular weight excluding hydrogens is 298 g/mol. The van der Waals surface area contributed by atoms with E-state index in [2.05, 4.69) is 15.2 Å². The Labute approximate surface area is 135 Å². The van der Waals surface area contributed by atoms with Crippen LogP contribution in [0, 0.1) is 0 Å². The van der Waals surface area contributed by atoms with Gasteiger partial charge in [-0.2, -0.15) is 0 Å². The fourth-order valence-electron chi connectivity index (χ4n) is 2.58. The summed E-state index contributed by atoms with van der Waals surface area (Å²) in [7, 11) is 0. The van der Waals surface area contributed by atoms with Gasteiger partial charge in [-0.1, -0.05) is 17.7 Å². The van der Waals surface area contributed by atoms with Gasteiger partial charge in [0.05, 0.1) is 0 Å². The van der Waals surface area contributed by atoms with Gasteiger partial charge in [0.1, 0.15) is 11.5 Å². The predicted molar refractivity (Wildman–Crippen MR) is 89.7 cm³/mol. The fraction of sp³-hybridized carbons (Fsp3) is 0.294. The van der Waals surface area contributed by atoms with Crippen molar-refractivity contribution in [2.24, 2.45) is 0 Å². The Balaban J connectivity index is 1.73. The molecule has 1 aromatic carbocycles. The van der Waals surface area contributed by atoms with Crippen molar-refractivity contribution in [3.05, 3.63) is 53.2 Å². The third-order valence-corrected chi connectivity index (χ3v) is 4.00. The van der Waals surface area contributed by atoms with Gasteiger partial charge in [-0.15, -0.1) is 0 Å². The molecule has 1 saturated heterocycles. The van der Waals surface area contributed by atoms with Crippen LogP contribution >= 0.6 is 11.6 Å². The Morgan fingerprint density at radius 1 is 1.05 bits per heavy atom. The summed E-state index contributed by atoms with van der Waals surface area (Å²) in [6.07, 6.45) is 3.64. The molecule has 2 aromatic rings. The number of carbonyl (C=O) groups is 1. The minimum atomic E-state index is -0.207. The number of hydrogen-bond acceptors (Lipinski definition) is 3. The first-order chi connectivity index (χ1) is 10.7. The maximum absolute atomic E-state index is 12.3. The molecule has 1 aromatic heterocycles.